The Hall–Kier alpha value is -1.88. The van der Waals surface area contributed by atoms with Crippen molar-refractivity contribution in [3.63, 3.8) is 0 Å². The predicted molar refractivity (Wildman–Crippen MR) is 67.6 cm³/mol. The maximum Gasteiger partial charge on any atom is 0.340 e. The summed E-state index contributed by atoms with van der Waals surface area (Å²) < 4.78 is 18.5. The molecule has 0 bridgehead atoms. The van der Waals surface area contributed by atoms with Crippen molar-refractivity contribution < 1.29 is 19.0 Å². The lowest BCUT2D eigenvalue weighted by molar-refractivity contribution is 0.0692. The molecule has 4 nitrogen and oxygen atoms in total. The van der Waals surface area contributed by atoms with E-state index in [2.05, 4.69) is 6.58 Å². The minimum atomic E-state index is -1.28. The summed E-state index contributed by atoms with van der Waals surface area (Å²) in [5.41, 5.74) is 0.00917. The number of carboxylic acid groups (broad SMARTS) is 1. The van der Waals surface area contributed by atoms with E-state index in [4.69, 9.17) is 9.84 Å². The molecule has 0 unspecified atom stereocenters. The number of anilines is 1. The molecule has 0 amide bonds. The molecule has 0 aliphatic heterocycles. The maximum absolute atomic E-state index is 13.6. The molecule has 0 fully saturated rings. The second-order valence-corrected chi connectivity index (χ2v) is 3.67. The number of halogens is 1. The van der Waals surface area contributed by atoms with E-state index in [1.54, 1.807) is 24.2 Å². The molecule has 0 aliphatic rings. The van der Waals surface area contributed by atoms with Gasteiger partial charge in [0.1, 0.15) is 11.4 Å². The van der Waals surface area contributed by atoms with Gasteiger partial charge < -0.3 is 14.7 Å². The average Bonchev–Trinajstić information content (AvgIpc) is 2.33. The van der Waals surface area contributed by atoms with Gasteiger partial charge in [0.2, 0.25) is 0 Å². The quantitative estimate of drug-likeness (QED) is 0.756. The highest BCUT2D eigenvalue weighted by Crippen LogP contribution is 2.23. The Morgan fingerprint density at radius 3 is 2.89 bits per heavy atom. The molecule has 0 aromatic heterocycles. The Balaban J connectivity index is 3.13. The maximum atomic E-state index is 13.6. The van der Waals surface area contributed by atoms with Gasteiger partial charge in [-0.25, -0.2) is 9.18 Å². The van der Waals surface area contributed by atoms with Gasteiger partial charge in [0.15, 0.2) is 0 Å². The Morgan fingerprint density at radius 1 is 1.61 bits per heavy atom. The van der Waals surface area contributed by atoms with E-state index < -0.39 is 11.8 Å². The highest BCUT2D eigenvalue weighted by molar-refractivity contribution is 5.94. The van der Waals surface area contributed by atoms with Crippen LogP contribution in [0.5, 0.6) is 0 Å². The molecule has 98 valence electrons. The lowest BCUT2D eigenvalue weighted by Crippen LogP contribution is -2.29. The molecule has 1 N–H and O–H groups in total. The minimum Gasteiger partial charge on any atom is -0.478 e. The lowest BCUT2D eigenvalue weighted by atomic mass is 10.1. The fourth-order valence-electron chi connectivity index (χ4n) is 1.66. The summed E-state index contributed by atoms with van der Waals surface area (Å²) in [6, 6.07) is 4.20. The zero-order chi connectivity index (χ0) is 13.5. The third-order valence-corrected chi connectivity index (χ3v) is 2.46. The average molecular weight is 253 g/mol. The molecular formula is C13H16FNO3. The number of rotatable bonds is 7. The first kappa shape index (κ1) is 14.2. The Kier molecular flexibility index (Phi) is 5.32. The van der Waals surface area contributed by atoms with Crippen LogP contribution in [0.1, 0.15) is 10.4 Å². The number of methoxy groups -OCH3 is 1. The lowest BCUT2D eigenvalue weighted by Gasteiger charge is -2.24. The van der Waals surface area contributed by atoms with Gasteiger partial charge in [-0.3, -0.25) is 0 Å². The molecule has 1 aromatic rings. The van der Waals surface area contributed by atoms with Gasteiger partial charge in [-0.15, -0.1) is 6.58 Å². The van der Waals surface area contributed by atoms with Gasteiger partial charge in [0.25, 0.3) is 0 Å². The fourth-order valence-corrected chi connectivity index (χ4v) is 1.66. The summed E-state index contributed by atoms with van der Waals surface area (Å²) in [7, 11) is 1.55. The van der Waals surface area contributed by atoms with Crippen LogP contribution in [0.2, 0.25) is 0 Å². The van der Waals surface area contributed by atoms with Crippen LogP contribution in [0.15, 0.2) is 30.9 Å². The zero-order valence-corrected chi connectivity index (χ0v) is 10.2. The summed E-state index contributed by atoms with van der Waals surface area (Å²) in [4.78, 5) is 12.8. The summed E-state index contributed by atoms with van der Waals surface area (Å²) in [5, 5.41) is 9.07. The smallest absolute Gasteiger partial charge is 0.340 e. The van der Waals surface area contributed by atoms with Gasteiger partial charge in [-0.05, 0) is 12.1 Å². The van der Waals surface area contributed by atoms with Crippen LogP contribution >= 0.6 is 0 Å². The normalized spacial score (nSPS) is 10.1. The monoisotopic (exact) mass is 253 g/mol. The summed E-state index contributed by atoms with van der Waals surface area (Å²) >= 11 is 0. The molecule has 0 heterocycles. The van der Waals surface area contributed by atoms with E-state index in [9.17, 15) is 9.18 Å². The van der Waals surface area contributed by atoms with Crippen molar-refractivity contribution in [3.05, 3.63) is 42.2 Å². The van der Waals surface area contributed by atoms with Crippen LogP contribution in [0.4, 0.5) is 10.1 Å². The van der Waals surface area contributed by atoms with Crippen molar-refractivity contribution >= 4 is 11.7 Å². The molecule has 1 rings (SSSR count). The van der Waals surface area contributed by atoms with Crippen LogP contribution in [-0.2, 0) is 4.74 Å². The molecule has 0 spiro atoms. The largest absolute Gasteiger partial charge is 0.478 e. The Morgan fingerprint density at radius 2 is 2.33 bits per heavy atom. The van der Waals surface area contributed by atoms with Crippen LogP contribution in [0.3, 0.4) is 0 Å². The molecular weight excluding hydrogens is 237 g/mol. The Bertz CT molecular complexity index is 434. The number of nitrogens with zero attached hydrogens (tertiary/aromatic N) is 1. The van der Waals surface area contributed by atoms with Crippen LogP contribution in [0.25, 0.3) is 0 Å². The van der Waals surface area contributed by atoms with Crippen molar-refractivity contribution in [3.8, 4) is 0 Å². The molecule has 0 saturated carbocycles. The summed E-state index contributed by atoms with van der Waals surface area (Å²) in [5.74, 6) is -2.03. The third-order valence-electron chi connectivity index (χ3n) is 2.46. The van der Waals surface area contributed by atoms with Crippen LogP contribution in [0, 0.1) is 5.82 Å². The van der Waals surface area contributed by atoms with E-state index in [0.717, 1.165) is 6.07 Å². The van der Waals surface area contributed by atoms with Gasteiger partial charge in [-0.2, -0.15) is 0 Å². The van der Waals surface area contributed by atoms with Gasteiger partial charge in [0, 0.05) is 20.2 Å². The number of hydrogen-bond acceptors (Lipinski definition) is 3. The SMILES string of the molecule is C=CCN(CCOC)c1cccc(F)c1C(=O)O. The fraction of sp³-hybridized carbons (Fsp3) is 0.308. The van der Waals surface area contributed by atoms with E-state index in [-0.39, 0.29) is 5.56 Å². The summed E-state index contributed by atoms with van der Waals surface area (Å²) in [6.45, 7) is 4.92. The number of carboxylic acids is 1. The van der Waals surface area contributed by atoms with Crippen molar-refractivity contribution in [1.82, 2.24) is 0 Å². The van der Waals surface area contributed by atoms with E-state index in [1.165, 1.54) is 6.07 Å². The molecule has 0 aliphatic carbocycles. The predicted octanol–water partition coefficient (Wildman–Crippen LogP) is 2.16. The molecule has 0 atom stereocenters. The topological polar surface area (TPSA) is 49.8 Å². The first-order valence-electron chi connectivity index (χ1n) is 5.48. The zero-order valence-electron chi connectivity index (χ0n) is 10.2. The first-order valence-corrected chi connectivity index (χ1v) is 5.48. The Labute approximate surface area is 105 Å². The standard InChI is InChI=1S/C13H16FNO3/c1-3-7-15(8-9-18-2)11-6-4-5-10(14)12(11)13(16)17/h3-6H,1,7-9H2,2H3,(H,16,17). The molecule has 5 heteroatoms. The van der Waals surface area contributed by atoms with Crippen molar-refractivity contribution in [2.45, 2.75) is 0 Å². The van der Waals surface area contributed by atoms with E-state index in [1.807, 2.05) is 0 Å². The number of carbonyl (C=O) groups is 1. The number of ether oxygens (including phenoxy) is 1. The first-order chi connectivity index (χ1) is 8.61. The highest BCUT2D eigenvalue weighted by atomic mass is 19.1. The molecule has 0 saturated heterocycles. The van der Waals surface area contributed by atoms with Crippen LogP contribution in [-0.4, -0.2) is 37.9 Å². The number of benzene rings is 1. The van der Waals surface area contributed by atoms with E-state index in [0.29, 0.717) is 25.4 Å². The second-order valence-electron chi connectivity index (χ2n) is 3.67. The van der Waals surface area contributed by atoms with Gasteiger partial charge in [-0.1, -0.05) is 12.1 Å². The van der Waals surface area contributed by atoms with Gasteiger partial charge >= 0.3 is 5.97 Å². The molecule has 1 aromatic carbocycles. The number of hydrogen-bond donors (Lipinski definition) is 1. The van der Waals surface area contributed by atoms with Crippen LogP contribution < -0.4 is 4.90 Å². The highest BCUT2D eigenvalue weighted by Gasteiger charge is 2.19. The number of aromatic carboxylic acids is 1. The van der Waals surface area contributed by atoms with Crippen molar-refractivity contribution in [2.24, 2.45) is 0 Å². The van der Waals surface area contributed by atoms with E-state index >= 15 is 0 Å². The van der Waals surface area contributed by atoms with Crippen molar-refractivity contribution in [2.75, 3.05) is 31.7 Å². The van der Waals surface area contributed by atoms with Crippen molar-refractivity contribution in [1.29, 1.82) is 0 Å². The second kappa shape index (κ2) is 6.76. The third kappa shape index (κ3) is 3.30. The van der Waals surface area contributed by atoms with Gasteiger partial charge in [0.05, 0.1) is 12.3 Å². The molecule has 0 radical (unpaired) electrons. The molecule has 18 heavy (non-hydrogen) atoms. The minimum absolute atomic E-state index is 0.324. The summed E-state index contributed by atoms with van der Waals surface area (Å²) in [6.07, 6.45) is 1.63.